The molecule has 8 nitrogen and oxygen atoms in total. The van der Waals surface area contributed by atoms with Crippen molar-refractivity contribution in [3.63, 3.8) is 0 Å². The molecule has 0 fully saturated rings. The number of ether oxygens (including phenoxy) is 1. The Labute approximate surface area is 232 Å². The zero-order valence-electron chi connectivity index (χ0n) is 21.6. The first kappa shape index (κ1) is 26.5. The Bertz CT molecular complexity index is 1820. The second-order valence-corrected chi connectivity index (χ2v) is 10.9. The van der Waals surface area contributed by atoms with E-state index < -0.39 is 10.0 Å². The molecule has 1 heterocycles. The van der Waals surface area contributed by atoms with E-state index in [4.69, 9.17) is 4.74 Å². The standard InChI is InChI=1S/C31H26N4O4S/c1-21-10-15-28(30-29(21)24(19-32)20-34-30)35-40(37,38)27-9-5-6-23(18-27)31(36)33-17-16-22-11-13-26(14-12-22)39-25-7-3-2-4-8-25/h2-15,18,20,34-35H,16-17H2,1H3,(H,33,36). The van der Waals surface area contributed by atoms with Crippen LogP contribution in [-0.4, -0.2) is 25.9 Å². The van der Waals surface area contributed by atoms with E-state index in [2.05, 4.69) is 21.1 Å². The monoisotopic (exact) mass is 550 g/mol. The number of aromatic amines is 1. The Morgan fingerprint density at radius 3 is 2.45 bits per heavy atom. The summed E-state index contributed by atoms with van der Waals surface area (Å²) in [5.74, 6) is 1.10. The molecule has 0 bridgehead atoms. The Balaban J connectivity index is 1.22. The van der Waals surface area contributed by atoms with Crippen LogP contribution < -0.4 is 14.8 Å². The molecule has 0 aliphatic carbocycles. The van der Waals surface area contributed by atoms with Crippen LogP contribution in [0.1, 0.15) is 27.0 Å². The number of nitrogens with zero attached hydrogens (tertiary/aromatic N) is 1. The zero-order chi connectivity index (χ0) is 28.1. The number of amides is 1. The lowest BCUT2D eigenvalue weighted by atomic mass is 10.1. The molecule has 1 amide bonds. The molecule has 9 heteroatoms. The van der Waals surface area contributed by atoms with Gasteiger partial charge in [-0.05, 0) is 73.0 Å². The fraction of sp³-hybridized carbons (Fsp3) is 0.0968. The lowest BCUT2D eigenvalue weighted by Crippen LogP contribution is -2.26. The van der Waals surface area contributed by atoms with Gasteiger partial charge in [-0.25, -0.2) is 8.42 Å². The average Bonchev–Trinajstić information content (AvgIpc) is 3.42. The number of hydrogen-bond acceptors (Lipinski definition) is 5. The number of benzene rings is 4. The number of fused-ring (bicyclic) bond motifs is 1. The minimum atomic E-state index is -4.01. The van der Waals surface area contributed by atoms with E-state index in [1.807, 2.05) is 61.5 Å². The molecule has 0 atom stereocenters. The van der Waals surface area contributed by atoms with Gasteiger partial charge in [0, 0.05) is 23.7 Å². The van der Waals surface area contributed by atoms with Crippen molar-refractivity contribution in [2.75, 3.05) is 11.3 Å². The van der Waals surface area contributed by atoms with Crippen molar-refractivity contribution in [1.29, 1.82) is 5.26 Å². The first-order valence-corrected chi connectivity index (χ1v) is 14.1. The molecule has 0 unspecified atom stereocenters. The van der Waals surface area contributed by atoms with E-state index in [-0.39, 0.29) is 16.4 Å². The van der Waals surface area contributed by atoms with Gasteiger partial charge in [0.2, 0.25) is 0 Å². The van der Waals surface area contributed by atoms with E-state index in [9.17, 15) is 18.5 Å². The number of carbonyl (C=O) groups excluding carboxylic acids is 1. The Morgan fingerprint density at radius 2 is 1.70 bits per heavy atom. The third-order valence-electron chi connectivity index (χ3n) is 6.42. The van der Waals surface area contributed by atoms with Crippen molar-refractivity contribution in [3.05, 3.63) is 119 Å². The third kappa shape index (κ3) is 5.82. The summed E-state index contributed by atoms with van der Waals surface area (Å²) in [5, 5.41) is 12.9. The smallest absolute Gasteiger partial charge is 0.261 e. The number of aryl methyl sites for hydroxylation is 1. The normalized spacial score (nSPS) is 11.1. The van der Waals surface area contributed by atoms with Crippen molar-refractivity contribution < 1.29 is 17.9 Å². The SMILES string of the molecule is Cc1ccc(NS(=O)(=O)c2cccc(C(=O)NCCc3ccc(Oc4ccccc4)cc3)c2)c2[nH]cc(C#N)c12. The fourth-order valence-corrected chi connectivity index (χ4v) is 5.49. The van der Waals surface area contributed by atoms with E-state index >= 15 is 0 Å². The minimum Gasteiger partial charge on any atom is -0.457 e. The van der Waals surface area contributed by atoms with E-state index in [0.29, 0.717) is 35.1 Å². The number of sulfonamides is 1. The largest absolute Gasteiger partial charge is 0.457 e. The summed E-state index contributed by atoms with van der Waals surface area (Å²) in [6, 6.07) is 28.5. The van der Waals surface area contributed by atoms with Crippen LogP contribution in [-0.2, 0) is 16.4 Å². The van der Waals surface area contributed by atoms with Gasteiger partial charge in [0.15, 0.2) is 0 Å². The van der Waals surface area contributed by atoms with Crippen molar-refractivity contribution in [2.24, 2.45) is 0 Å². The molecule has 5 aromatic rings. The lowest BCUT2D eigenvalue weighted by Gasteiger charge is -2.12. The maximum absolute atomic E-state index is 13.2. The van der Waals surface area contributed by atoms with Crippen LogP contribution in [0.5, 0.6) is 11.5 Å². The maximum atomic E-state index is 13.2. The molecule has 3 N–H and O–H groups in total. The number of rotatable bonds is 9. The summed E-state index contributed by atoms with van der Waals surface area (Å²) >= 11 is 0. The number of carbonyl (C=O) groups is 1. The van der Waals surface area contributed by atoms with Crippen LogP contribution in [0.25, 0.3) is 10.9 Å². The number of para-hydroxylation sites is 1. The quantitative estimate of drug-likeness (QED) is 0.210. The number of aromatic nitrogens is 1. The van der Waals surface area contributed by atoms with Crippen molar-refractivity contribution in [3.8, 4) is 17.6 Å². The Hall–Kier alpha value is -5.07. The molecular weight excluding hydrogens is 524 g/mol. The molecule has 0 saturated heterocycles. The van der Waals surface area contributed by atoms with Crippen LogP contribution in [0.15, 0.2) is 102 Å². The number of H-pyrrole nitrogens is 1. The molecule has 5 rings (SSSR count). The highest BCUT2D eigenvalue weighted by molar-refractivity contribution is 7.92. The first-order valence-electron chi connectivity index (χ1n) is 12.6. The predicted molar refractivity (Wildman–Crippen MR) is 154 cm³/mol. The van der Waals surface area contributed by atoms with Crippen molar-refractivity contribution >= 4 is 32.5 Å². The summed E-state index contributed by atoms with van der Waals surface area (Å²) in [6.45, 7) is 2.23. The minimum absolute atomic E-state index is 0.0463. The van der Waals surface area contributed by atoms with Gasteiger partial charge in [0.1, 0.15) is 17.6 Å². The highest BCUT2D eigenvalue weighted by atomic mass is 32.2. The van der Waals surface area contributed by atoms with E-state index in [1.165, 1.54) is 18.2 Å². The molecule has 200 valence electrons. The summed E-state index contributed by atoms with van der Waals surface area (Å²) in [4.78, 5) is 15.7. The Kier molecular flexibility index (Phi) is 7.53. The average molecular weight is 551 g/mol. The topological polar surface area (TPSA) is 124 Å². The number of nitrogens with one attached hydrogen (secondary N) is 3. The summed E-state index contributed by atoms with van der Waals surface area (Å²) in [6.07, 6.45) is 2.15. The Morgan fingerprint density at radius 1 is 0.950 bits per heavy atom. The van der Waals surface area contributed by atoms with Gasteiger partial charge in [-0.1, -0.05) is 42.5 Å². The lowest BCUT2D eigenvalue weighted by molar-refractivity contribution is 0.0954. The van der Waals surface area contributed by atoms with E-state index in [0.717, 1.165) is 22.6 Å². The number of nitriles is 1. The van der Waals surface area contributed by atoms with Crippen LogP contribution in [0.4, 0.5) is 5.69 Å². The predicted octanol–water partition coefficient (Wildman–Crippen LogP) is 5.91. The molecular formula is C31H26N4O4S. The number of hydrogen-bond donors (Lipinski definition) is 3. The first-order chi connectivity index (χ1) is 19.3. The second kappa shape index (κ2) is 11.4. The summed E-state index contributed by atoms with van der Waals surface area (Å²) < 4.78 is 34.8. The highest BCUT2D eigenvalue weighted by Gasteiger charge is 2.19. The molecule has 0 aliphatic rings. The molecule has 0 spiro atoms. The fourth-order valence-electron chi connectivity index (χ4n) is 4.37. The second-order valence-electron chi connectivity index (χ2n) is 9.19. The van der Waals surface area contributed by atoms with Crippen molar-refractivity contribution in [1.82, 2.24) is 10.3 Å². The van der Waals surface area contributed by atoms with Crippen LogP contribution in [0, 0.1) is 18.3 Å². The molecule has 40 heavy (non-hydrogen) atoms. The molecule has 0 radical (unpaired) electrons. The molecule has 0 saturated carbocycles. The van der Waals surface area contributed by atoms with Gasteiger partial charge in [-0.2, -0.15) is 5.26 Å². The molecule has 0 aliphatic heterocycles. The zero-order valence-corrected chi connectivity index (χ0v) is 22.5. The van der Waals surface area contributed by atoms with Crippen molar-refractivity contribution in [2.45, 2.75) is 18.2 Å². The van der Waals surface area contributed by atoms with Gasteiger partial charge in [-0.3, -0.25) is 9.52 Å². The summed E-state index contributed by atoms with van der Waals surface area (Å²) in [5.41, 5.74) is 3.38. The highest BCUT2D eigenvalue weighted by Crippen LogP contribution is 2.30. The van der Waals surface area contributed by atoms with Gasteiger partial charge < -0.3 is 15.0 Å². The van der Waals surface area contributed by atoms with Gasteiger partial charge in [0.05, 0.1) is 21.7 Å². The molecule has 1 aromatic heterocycles. The maximum Gasteiger partial charge on any atom is 0.261 e. The van der Waals surface area contributed by atoms with Gasteiger partial charge in [-0.15, -0.1) is 0 Å². The van der Waals surface area contributed by atoms with Crippen LogP contribution in [0.2, 0.25) is 0 Å². The summed E-state index contributed by atoms with van der Waals surface area (Å²) in [7, 11) is -4.01. The van der Waals surface area contributed by atoms with Gasteiger partial charge in [0.25, 0.3) is 15.9 Å². The van der Waals surface area contributed by atoms with E-state index in [1.54, 1.807) is 24.4 Å². The van der Waals surface area contributed by atoms with Crippen LogP contribution >= 0.6 is 0 Å². The van der Waals surface area contributed by atoms with Gasteiger partial charge >= 0.3 is 0 Å². The van der Waals surface area contributed by atoms with Crippen LogP contribution in [0.3, 0.4) is 0 Å². The number of anilines is 1. The molecule has 4 aromatic carbocycles. The third-order valence-corrected chi connectivity index (χ3v) is 7.78.